The highest BCUT2D eigenvalue weighted by molar-refractivity contribution is 5.88. The maximum Gasteiger partial charge on any atom is 0.341 e. The molecule has 0 aliphatic rings. The van der Waals surface area contributed by atoms with Gasteiger partial charge in [-0.2, -0.15) is 0 Å². The smallest absolute Gasteiger partial charge is 0.341 e. The third-order valence-corrected chi connectivity index (χ3v) is 2.84. The van der Waals surface area contributed by atoms with Gasteiger partial charge in [0.25, 0.3) is 0 Å². The molecule has 0 radical (unpaired) electrons. The summed E-state index contributed by atoms with van der Waals surface area (Å²) in [6.07, 6.45) is 0.871. The van der Waals surface area contributed by atoms with Gasteiger partial charge in [-0.25, -0.2) is 4.79 Å². The molecule has 0 aromatic carbocycles. The van der Waals surface area contributed by atoms with Crippen LogP contribution in [0.15, 0.2) is 16.7 Å². The number of aliphatic hydroxyl groups is 1. The highest BCUT2D eigenvalue weighted by atomic mass is 16.5. The second kappa shape index (κ2) is 5.33. The molecule has 5 heteroatoms. The third-order valence-electron chi connectivity index (χ3n) is 2.84. The lowest BCUT2D eigenvalue weighted by Gasteiger charge is -2.29. The van der Waals surface area contributed by atoms with Gasteiger partial charge in [0, 0.05) is 5.54 Å². The van der Waals surface area contributed by atoms with Gasteiger partial charge < -0.3 is 19.6 Å². The summed E-state index contributed by atoms with van der Waals surface area (Å²) < 4.78 is 9.79. The van der Waals surface area contributed by atoms with Crippen molar-refractivity contribution in [1.82, 2.24) is 5.32 Å². The van der Waals surface area contributed by atoms with Crippen molar-refractivity contribution in [2.45, 2.75) is 39.0 Å². The molecule has 1 aromatic rings. The maximum atomic E-state index is 11.2. The molecule has 1 rings (SSSR count). The van der Waals surface area contributed by atoms with Gasteiger partial charge in [-0.15, -0.1) is 0 Å². The molecule has 1 unspecified atom stereocenters. The summed E-state index contributed by atoms with van der Waals surface area (Å²) in [5.74, 6) is 0.203. The van der Waals surface area contributed by atoms with Crippen LogP contribution < -0.4 is 5.32 Å². The average Bonchev–Trinajstić information content (AvgIpc) is 2.74. The Morgan fingerprint density at radius 3 is 2.82 bits per heavy atom. The molecule has 0 saturated heterocycles. The Hall–Kier alpha value is -1.33. The Bertz CT molecular complexity index is 382. The van der Waals surface area contributed by atoms with Crippen LogP contribution in [0.5, 0.6) is 0 Å². The van der Waals surface area contributed by atoms with E-state index in [0.717, 1.165) is 0 Å². The van der Waals surface area contributed by atoms with E-state index in [1.807, 2.05) is 13.8 Å². The van der Waals surface area contributed by atoms with Crippen LogP contribution in [0.4, 0.5) is 0 Å². The molecule has 0 fully saturated rings. The molecule has 0 aliphatic heterocycles. The molecular formula is C12H19NO4. The number of aliphatic hydroxyl groups excluding tert-OH is 1. The number of ether oxygens (including phenoxy) is 1. The average molecular weight is 241 g/mol. The number of rotatable bonds is 5. The Labute approximate surface area is 101 Å². The quantitative estimate of drug-likeness (QED) is 0.761. The van der Waals surface area contributed by atoms with Gasteiger partial charge in [-0.05, 0) is 26.8 Å². The van der Waals surface area contributed by atoms with Crippen molar-refractivity contribution in [3.63, 3.8) is 0 Å². The van der Waals surface area contributed by atoms with Crippen LogP contribution in [0.25, 0.3) is 0 Å². The van der Waals surface area contributed by atoms with E-state index < -0.39 is 17.6 Å². The molecule has 2 N–H and O–H groups in total. The zero-order valence-electron chi connectivity index (χ0n) is 10.6. The minimum absolute atomic E-state index is 0.388. The van der Waals surface area contributed by atoms with Crippen molar-refractivity contribution in [3.8, 4) is 0 Å². The minimum atomic E-state index is -0.488. The molecule has 1 aromatic heterocycles. The lowest BCUT2D eigenvalue weighted by molar-refractivity contribution is 0.0600. The van der Waals surface area contributed by atoms with Crippen LogP contribution in [-0.4, -0.2) is 29.8 Å². The Morgan fingerprint density at radius 2 is 2.29 bits per heavy atom. The molecule has 1 atom stereocenters. The Kier molecular flexibility index (Phi) is 4.31. The first kappa shape index (κ1) is 13.7. The predicted octanol–water partition coefficient (Wildman–Crippen LogP) is 1.32. The maximum absolute atomic E-state index is 11.2. The fraction of sp³-hybridized carbons (Fsp3) is 0.583. The van der Waals surface area contributed by atoms with Gasteiger partial charge in [0.1, 0.15) is 12.0 Å². The fourth-order valence-corrected chi connectivity index (χ4v) is 1.16. The van der Waals surface area contributed by atoms with Crippen LogP contribution >= 0.6 is 0 Å². The van der Waals surface area contributed by atoms with E-state index in [1.165, 1.54) is 13.4 Å². The molecule has 0 aliphatic carbocycles. The van der Waals surface area contributed by atoms with Crippen LogP contribution in [-0.2, 0) is 11.3 Å². The van der Waals surface area contributed by atoms with Crippen molar-refractivity contribution < 1.29 is 19.1 Å². The van der Waals surface area contributed by atoms with E-state index in [9.17, 15) is 9.90 Å². The first-order valence-electron chi connectivity index (χ1n) is 5.45. The second-order valence-corrected chi connectivity index (χ2v) is 4.54. The van der Waals surface area contributed by atoms with Crippen molar-refractivity contribution in [2.75, 3.05) is 7.11 Å². The summed E-state index contributed by atoms with van der Waals surface area (Å²) >= 11 is 0. The number of esters is 1. The van der Waals surface area contributed by atoms with E-state index in [-0.39, 0.29) is 0 Å². The van der Waals surface area contributed by atoms with E-state index in [2.05, 4.69) is 10.1 Å². The number of methoxy groups -OCH3 is 1. The number of carbonyl (C=O) groups excluding carboxylic acids is 1. The van der Waals surface area contributed by atoms with Gasteiger partial charge in [-0.3, -0.25) is 0 Å². The molecule has 17 heavy (non-hydrogen) atoms. The fourth-order valence-electron chi connectivity index (χ4n) is 1.16. The van der Waals surface area contributed by atoms with E-state index in [0.29, 0.717) is 17.9 Å². The summed E-state index contributed by atoms with van der Waals surface area (Å²) in [5.41, 5.74) is -0.0303. The van der Waals surface area contributed by atoms with Crippen LogP contribution in [0.3, 0.4) is 0 Å². The molecule has 0 spiro atoms. The zero-order chi connectivity index (χ0) is 13.1. The summed E-state index contributed by atoms with van der Waals surface area (Å²) in [6.45, 7) is 5.94. The summed E-state index contributed by atoms with van der Waals surface area (Å²) in [6, 6.07) is 1.62. The van der Waals surface area contributed by atoms with Crippen LogP contribution in [0, 0.1) is 0 Å². The van der Waals surface area contributed by atoms with Crippen LogP contribution in [0.1, 0.15) is 36.9 Å². The molecule has 5 nitrogen and oxygen atoms in total. The standard InChI is InChI=1S/C12H19NO4/c1-8(14)12(2,3)13-6-10-5-9(7-17-10)11(15)16-4/h5,7-8,13-14H,6H2,1-4H3. The first-order valence-corrected chi connectivity index (χ1v) is 5.45. The van der Waals surface area contributed by atoms with E-state index >= 15 is 0 Å². The van der Waals surface area contributed by atoms with Gasteiger partial charge in [0.15, 0.2) is 0 Å². The Balaban J connectivity index is 2.59. The second-order valence-electron chi connectivity index (χ2n) is 4.54. The molecule has 96 valence electrons. The van der Waals surface area contributed by atoms with Gasteiger partial charge in [0.2, 0.25) is 0 Å². The monoisotopic (exact) mass is 241 g/mol. The number of furan rings is 1. The lowest BCUT2D eigenvalue weighted by Crippen LogP contribution is -2.47. The molecule has 0 amide bonds. The minimum Gasteiger partial charge on any atom is -0.467 e. The van der Waals surface area contributed by atoms with Gasteiger partial charge in [-0.1, -0.05) is 0 Å². The predicted molar refractivity (Wildman–Crippen MR) is 62.6 cm³/mol. The largest absolute Gasteiger partial charge is 0.467 e. The highest BCUT2D eigenvalue weighted by Crippen LogP contribution is 2.13. The molecule has 0 bridgehead atoms. The zero-order valence-corrected chi connectivity index (χ0v) is 10.6. The van der Waals surface area contributed by atoms with Gasteiger partial charge in [0.05, 0.1) is 25.3 Å². The lowest BCUT2D eigenvalue weighted by atomic mass is 9.99. The third kappa shape index (κ3) is 3.57. The number of carbonyl (C=O) groups is 1. The Morgan fingerprint density at radius 1 is 1.65 bits per heavy atom. The number of hydrogen-bond acceptors (Lipinski definition) is 5. The normalized spacial score (nSPS) is 13.5. The van der Waals surface area contributed by atoms with Crippen molar-refractivity contribution in [3.05, 3.63) is 23.7 Å². The van der Waals surface area contributed by atoms with Crippen LogP contribution in [0.2, 0.25) is 0 Å². The molecular weight excluding hydrogens is 222 g/mol. The topological polar surface area (TPSA) is 71.7 Å². The van der Waals surface area contributed by atoms with Crippen molar-refractivity contribution >= 4 is 5.97 Å². The first-order chi connectivity index (χ1) is 7.86. The van der Waals surface area contributed by atoms with E-state index in [4.69, 9.17) is 4.42 Å². The summed E-state index contributed by atoms with van der Waals surface area (Å²) in [5, 5.41) is 12.7. The van der Waals surface area contributed by atoms with Gasteiger partial charge >= 0.3 is 5.97 Å². The molecule has 1 heterocycles. The molecule has 0 saturated carbocycles. The number of nitrogens with one attached hydrogen (secondary N) is 1. The summed E-state index contributed by atoms with van der Waals surface area (Å²) in [4.78, 5) is 11.2. The number of hydrogen-bond donors (Lipinski definition) is 2. The summed E-state index contributed by atoms with van der Waals surface area (Å²) in [7, 11) is 1.32. The van der Waals surface area contributed by atoms with E-state index in [1.54, 1.807) is 13.0 Å². The van der Waals surface area contributed by atoms with Crippen molar-refractivity contribution in [2.24, 2.45) is 0 Å². The SMILES string of the molecule is COC(=O)c1coc(CNC(C)(C)C(C)O)c1. The van der Waals surface area contributed by atoms with Crippen molar-refractivity contribution in [1.29, 1.82) is 0 Å². The highest BCUT2D eigenvalue weighted by Gasteiger charge is 2.23.